The number of rotatable bonds is 3. The van der Waals surface area contributed by atoms with Crippen molar-refractivity contribution in [2.45, 2.75) is 20.0 Å². The number of halogens is 3. The molecular formula is C16H14F3N3O. The maximum absolute atomic E-state index is 12.9. The third-order valence-corrected chi connectivity index (χ3v) is 3.23. The zero-order chi connectivity index (χ0) is 17.0. The van der Waals surface area contributed by atoms with Crippen molar-refractivity contribution in [3.05, 3.63) is 65.0 Å². The van der Waals surface area contributed by atoms with Crippen LogP contribution in [0.2, 0.25) is 0 Å². The van der Waals surface area contributed by atoms with Gasteiger partial charge in [-0.1, -0.05) is 24.3 Å². The Kier molecular flexibility index (Phi) is 4.78. The van der Waals surface area contributed by atoms with Crippen molar-refractivity contribution in [1.29, 1.82) is 0 Å². The van der Waals surface area contributed by atoms with E-state index in [1.807, 2.05) is 31.2 Å². The van der Waals surface area contributed by atoms with Gasteiger partial charge in [0.15, 0.2) is 0 Å². The van der Waals surface area contributed by atoms with Crippen LogP contribution in [0.1, 0.15) is 34.0 Å². The molecule has 0 bridgehead atoms. The second kappa shape index (κ2) is 6.60. The van der Waals surface area contributed by atoms with E-state index < -0.39 is 23.2 Å². The first-order valence-corrected chi connectivity index (χ1v) is 6.72. The summed E-state index contributed by atoms with van der Waals surface area (Å²) in [6, 6.07) is 8.11. The molecule has 0 aliphatic heterocycles. The van der Waals surface area contributed by atoms with Crippen LogP contribution in [-0.4, -0.2) is 16.6 Å². The Morgan fingerprint density at radius 2 is 1.87 bits per heavy atom. The highest BCUT2D eigenvalue weighted by Gasteiger charge is 2.35. The van der Waals surface area contributed by atoms with E-state index in [2.05, 4.69) is 15.5 Å². The quantitative estimate of drug-likeness (QED) is 0.694. The molecular weight excluding hydrogens is 307 g/mol. The van der Waals surface area contributed by atoms with E-state index in [1.165, 1.54) is 0 Å². The van der Waals surface area contributed by atoms with Crippen LogP contribution in [0.3, 0.4) is 0 Å². The molecule has 1 aromatic carbocycles. The van der Waals surface area contributed by atoms with E-state index in [9.17, 15) is 18.0 Å². The number of nitrogens with zero attached hydrogens (tertiary/aromatic N) is 2. The highest BCUT2D eigenvalue weighted by Crippen LogP contribution is 2.31. The van der Waals surface area contributed by atoms with Gasteiger partial charge in [0, 0.05) is 18.0 Å². The fraction of sp³-hybridized carbons (Fsp3) is 0.188. The predicted octanol–water partition coefficient (Wildman–Crippen LogP) is 3.56. The number of carbonyl (C=O) groups is 1. The third-order valence-electron chi connectivity index (χ3n) is 3.23. The molecule has 0 fully saturated rings. The summed E-state index contributed by atoms with van der Waals surface area (Å²) in [5, 5.41) is 3.88. The van der Waals surface area contributed by atoms with Crippen LogP contribution in [0, 0.1) is 6.92 Å². The fourth-order valence-corrected chi connectivity index (χ4v) is 2.06. The monoisotopic (exact) mass is 321 g/mol. The largest absolute Gasteiger partial charge is 0.417 e. The Labute approximate surface area is 131 Å². The van der Waals surface area contributed by atoms with E-state index in [4.69, 9.17) is 0 Å². The Morgan fingerprint density at radius 3 is 2.52 bits per heavy atom. The maximum Gasteiger partial charge on any atom is 0.417 e. The van der Waals surface area contributed by atoms with Crippen molar-refractivity contribution in [2.24, 2.45) is 5.10 Å². The standard InChI is InChI=1S/C16H14F3N3O/c1-10-5-3-4-6-12(10)11(2)21-22-15(23)13-9-20-8-7-14(13)16(17,18)19/h3-9H,1-2H3,(H,22,23). The maximum atomic E-state index is 12.9. The van der Waals surface area contributed by atoms with Gasteiger partial charge in [-0.05, 0) is 25.5 Å². The van der Waals surface area contributed by atoms with Gasteiger partial charge in [-0.3, -0.25) is 9.78 Å². The normalized spacial score (nSPS) is 12.1. The van der Waals surface area contributed by atoms with Crippen LogP contribution in [0.4, 0.5) is 13.2 Å². The Balaban J connectivity index is 2.24. The zero-order valence-corrected chi connectivity index (χ0v) is 12.5. The molecule has 0 unspecified atom stereocenters. The number of nitrogens with one attached hydrogen (secondary N) is 1. The number of pyridine rings is 1. The molecule has 1 aromatic heterocycles. The van der Waals surface area contributed by atoms with E-state index >= 15 is 0 Å². The van der Waals surface area contributed by atoms with Crippen LogP contribution >= 0.6 is 0 Å². The number of benzene rings is 1. The van der Waals surface area contributed by atoms with Crippen molar-refractivity contribution < 1.29 is 18.0 Å². The molecule has 2 aromatic rings. The molecule has 7 heteroatoms. The summed E-state index contributed by atoms with van der Waals surface area (Å²) in [7, 11) is 0. The van der Waals surface area contributed by atoms with E-state index in [0.29, 0.717) is 5.71 Å². The second-order valence-corrected chi connectivity index (χ2v) is 4.87. The summed E-state index contributed by atoms with van der Waals surface area (Å²) < 4.78 is 38.6. The van der Waals surface area contributed by atoms with Crippen molar-refractivity contribution in [3.8, 4) is 0 Å². The highest BCUT2D eigenvalue weighted by atomic mass is 19.4. The molecule has 0 atom stereocenters. The molecule has 0 radical (unpaired) electrons. The molecule has 0 spiro atoms. The molecule has 2 rings (SSSR count). The first-order valence-electron chi connectivity index (χ1n) is 6.72. The van der Waals surface area contributed by atoms with Crippen molar-refractivity contribution in [3.63, 3.8) is 0 Å². The smallest absolute Gasteiger partial charge is 0.267 e. The zero-order valence-electron chi connectivity index (χ0n) is 12.5. The molecule has 23 heavy (non-hydrogen) atoms. The van der Waals surface area contributed by atoms with Gasteiger partial charge in [0.1, 0.15) is 0 Å². The summed E-state index contributed by atoms with van der Waals surface area (Å²) in [6.45, 7) is 3.54. The van der Waals surface area contributed by atoms with Gasteiger partial charge in [-0.25, -0.2) is 5.43 Å². The lowest BCUT2D eigenvalue weighted by atomic mass is 10.1. The third kappa shape index (κ3) is 3.94. The second-order valence-electron chi connectivity index (χ2n) is 4.87. The number of amides is 1. The Bertz CT molecular complexity index is 754. The number of hydrogen-bond acceptors (Lipinski definition) is 3. The topological polar surface area (TPSA) is 54.4 Å². The van der Waals surface area contributed by atoms with Gasteiger partial charge in [0.25, 0.3) is 5.91 Å². The number of hydrogen-bond donors (Lipinski definition) is 1. The summed E-state index contributed by atoms with van der Waals surface area (Å²) in [6.07, 6.45) is -2.78. The fourth-order valence-electron chi connectivity index (χ4n) is 2.06. The molecule has 120 valence electrons. The summed E-state index contributed by atoms with van der Waals surface area (Å²) >= 11 is 0. The number of carbonyl (C=O) groups excluding carboxylic acids is 1. The van der Waals surface area contributed by atoms with Crippen LogP contribution in [0.15, 0.2) is 47.8 Å². The Morgan fingerprint density at radius 1 is 1.17 bits per heavy atom. The summed E-state index contributed by atoms with van der Waals surface area (Å²) in [5.74, 6) is -0.960. The van der Waals surface area contributed by atoms with Crippen LogP contribution in [0.5, 0.6) is 0 Å². The predicted molar refractivity (Wildman–Crippen MR) is 80.1 cm³/mol. The molecule has 0 saturated carbocycles. The molecule has 0 saturated heterocycles. The molecule has 1 N–H and O–H groups in total. The summed E-state index contributed by atoms with van der Waals surface area (Å²) in [4.78, 5) is 15.5. The van der Waals surface area contributed by atoms with Gasteiger partial charge in [-0.2, -0.15) is 18.3 Å². The van der Waals surface area contributed by atoms with Gasteiger partial charge >= 0.3 is 6.18 Å². The van der Waals surface area contributed by atoms with E-state index in [1.54, 1.807) is 6.92 Å². The Hall–Kier alpha value is -2.70. The lowest BCUT2D eigenvalue weighted by Gasteiger charge is -2.11. The number of alkyl halides is 3. The number of aromatic nitrogens is 1. The van der Waals surface area contributed by atoms with Gasteiger partial charge < -0.3 is 0 Å². The average Bonchev–Trinajstić information content (AvgIpc) is 2.52. The van der Waals surface area contributed by atoms with Crippen LogP contribution < -0.4 is 5.43 Å². The highest BCUT2D eigenvalue weighted by molar-refractivity contribution is 6.02. The van der Waals surface area contributed by atoms with Gasteiger partial charge in [0.05, 0.1) is 16.8 Å². The first-order chi connectivity index (χ1) is 10.8. The number of hydrazone groups is 1. The lowest BCUT2D eigenvalue weighted by Crippen LogP contribution is -2.23. The molecule has 0 aliphatic carbocycles. The minimum absolute atomic E-state index is 0.494. The molecule has 1 amide bonds. The van der Waals surface area contributed by atoms with Crippen molar-refractivity contribution >= 4 is 11.6 Å². The van der Waals surface area contributed by atoms with Crippen molar-refractivity contribution in [1.82, 2.24) is 10.4 Å². The molecule has 0 aliphatic rings. The van der Waals surface area contributed by atoms with Crippen LogP contribution in [0.25, 0.3) is 0 Å². The van der Waals surface area contributed by atoms with E-state index in [0.717, 1.165) is 29.6 Å². The molecule has 4 nitrogen and oxygen atoms in total. The van der Waals surface area contributed by atoms with Gasteiger partial charge in [-0.15, -0.1) is 0 Å². The first kappa shape index (κ1) is 16.7. The number of aryl methyl sites for hydroxylation is 1. The van der Waals surface area contributed by atoms with E-state index in [-0.39, 0.29) is 0 Å². The lowest BCUT2D eigenvalue weighted by molar-refractivity contribution is -0.138. The molecule has 1 heterocycles. The average molecular weight is 321 g/mol. The summed E-state index contributed by atoms with van der Waals surface area (Å²) in [5.41, 5.74) is 2.77. The minimum Gasteiger partial charge on any atom is -0.267 e. The SMILES string of the molecule is CC(=NNC(=O)c1cnccc1C(F)(F)F)c1ccccc1C. The minimum atomic E-state index is -4.63. The van der Waals surface area contributed by atoms with Gasteiger partial charge in [0.2, 0.25) is 0 Å². The van der Waals surface area contributed by atoms with Crippen molar-refractivity contribution in [2.75, 3.05) is 0 Å². The van der Waals surface area contributed by atoms with Crippen LogP contribution in [-0.2, 0) is 6.18 Å².